The number of carbonyl (C=O) groups is 2. The lowest BCUT2D eigenvalue weighted by molar-refractivity contribution is 0.0743. The standard InChI is InChI=1S/C20H31N3O2.ClH/c1-4-9-22(10-5-2)19(24)17-7-6-8-18(12-17)20(25)23-14-16(13-21)11-15(23)3;/h6-8,12,15-16H,4-5,9-11,13-14,21H2,1-3H3;1H. The molecule has 0 aromatic heterocycles. The third-order valence-corrected chi connectivity index (χ3v) is 4.89. The van der Waals surface area contributed by atoms with E-state index in [0.717, 1.165) is 32.4 Å². The third-order valence-electron chi connectivity index (χ3n) is 4.89. The Morgan fingerprint density at radius 1 is 1.19 bits per heavy atom. The van der Waals surface area contributed by atoms with Gasteiger partial charge in [0.05, 0.1) is 0 Å². The topological polar surface area (TPSA) is 66.6 Å². The summed E-state index contributed by atoms with van der Waals surface area (Å²) in [6.07, 6.45) is 2.80. The molecule has 1 aliphatic heterocycles. The van der Waals surface area contributed by atoms with Crippen molar-refractivity contribution in [3.05, 3.63) is 35.4 Å². The van der Waals surface area contributed by atoms with Crippen molar-refractivity contribution >= 4 is 24.2 Å². The molecule has 1 heterocycles. The van der Waals surface area contributed by atoms with Crippen LogP contribution in [0.5, 0.6) is 0 Å². The van der Waals surface area contributed by atoms with Crippen molar-refractivity contribution in [2.45, 2.75) is 46.1 Å². The lowest BCUT2D eigenvalue weighted by Gasteiger charge is -2.23. The van der Waals surface area contributed by atoms with Crippen LogP contribution < -0.4 is 5.73 Å². The summed E-state index contributed by atoms with van der Waals surface area (Å²) >= 11 is 0. The smallest absolute Gasteiger partial charge is 0.254 e. The van der Waals surface area contributed by atoms with Gasteiger partial charge in [0, 0.05) is 36.8 Å². The van der Waals surface area contributed by atoms with Gasteiger partial charge in [0.25, 0.3) is 11.8 Å². The van der Waals surface area contributed by atoms with Crippen LogP contribution in [-0.2, 0) is 0 Å². The molecule has 0 spiro atoms. The molecule has 1 fully saturated rings. The van der Waals surface area contributed by atoms with Crippen molar-refractivity contribution < 1.29 is 9.59 Å². The number of likely N-dealkylation sites (tertiary alicyclic amines) is 1. The molecule has 1 saturated heterocycles. The lowest BCUT2D eigenvalue weighted by atomic mass is 10.1. The lowest BCUT2D eigenvalue weighted by Crippen LogP contribution is -2.35. The number of hydrogen-bond acceptors (Lipinski definition) is 3. The van der Waals surface area contributed by atoms with Crippen molar-refractivity contribution in [3.8, 4) is 0 Å². The molecule has 0 radical (unpaired) electrons. The molecule has 26 heavy (non-hydrogen) atoms. The number of halogens is 1. The van der Waals surface area contributed by atoms with Gasteiger partial charge < -0.3 is 15.5 Å². The summed E-state index contributed by atoms with van der Waals surface area (Å²) in [5.41, 5.74) is 6.94. The van der Waals surface area contributed by atoms with Crippen molar-refractivity contribution in [1.29, 1.82) is 0 Å². The quantitative estimate of drug-likeness (QED) is 0.788. The fourth-order valence-electron chi connectivity index (χ4n) is 3.58. The van der Waals surface area contributed by atoms with E-state index in [1.165, 1.54) is 0 Å². The zero-order valence-electron chi connectivity index (χ0n) is 16.1. The maximum absolute atomic E-state index is 12.9. The van der Waals surface area contributed by atoms with Crippen LogP contribution in [-0.4, -0.2) is 53.8 Å². The summed E-state index contributed by atoms with van der Waals surface area (Å²) < 4.78 is 0. The van der Waals surface area contributed by atoms with Crippen LogP contribution in [0.2, 0.25) is 0 Å². The summed E-state index contributed by atoms with van der Waals surface area (Å²) in [7, 11) is 0. The average Bonchev–Trinajstić information content (AvgIpc) is 3.01. The van der Waals surface area contributed by atoms with E-state index in [9.17, 15) is 9.59 Å². The summed E-state index contributed by atoms with van der Waals surface area (Å²) in [6, 6.07) is 7.33. The Labute approximate surface area is 163 Å². The van der Waals surface area contributed by atoms with Gasteiger partial charge in [-0.05, 0) is 56.8 Å². The number of benzene rings is 1. The van der Waals surface area contributed by atoms with Crippen LogP contribution in [0.25, 0.3) is 0 Å². The summed E-state index contributed by atoms with van der Waals surface area (Å²) in [5, 5.41) is 0. The predicted octanol–water partition coefficient (Wildman–Crippen LogP) is 3.18. The minimum atomic E-state index is -0.00404. The van der Waals surface area contributed by atoms with Crippen molar-refractivity contribution in [1.82, 2.24) is 9.80 Å². The molecule has 5 nitrogen and oxygen atoms in total. The zero-order valence-corrected chi connectivity index (χ0v) is 16.9. The maximum atomic E-state index is 12.9. The molecule has 2 unspecified atom stereocenters. The van der Waals surface area contributed by atoms with Crippen LogP contribution in [0.1, 0.15) is 60.7 Å². The van der Waals surface area contributed by atoms with Gasteiger partial charge in [-0.2, -0.15) is 0 Å². The van der Waals surface area contributed by atoms with Crippen LogP contribution in [0.15, 0.2) is 24.3 Å². The molecule has 0 saturated carbocycles. The minimum absolute atomic E-state index is 0. The highest BCUT2D eigenvalue weighted by molar-refractivity contribution is 5.99. The Hall–Kier alpha value is -1.59. The van der Waals surface area contributed by atoms with E-state index in [2.05, 4.69) is 20.8 Å². The monoisotopic (exact) mass is 381 g/mol. The zero-order chi connectivity index (χ0) is 18.4. The largest absolute Gasteiger partial charge is 0.339 e. The van der Waals surface area contributed by atoms with E-state index in [0.29, 0.717) is 30.1 Å². The maximum Gasteiger partial charge on any atom is 0.254 e. The highest BCUT2D eigenvalue weighted by Gasteiger charge is 2.32. The number of hydrogen-bond donors (Lipinski definition) is 1. The molecule has 2 atom stereocenters. The Kier molecular flexibility index (Phi) is 9.09. The first kappa shape index (κ1) is 22.5. The average molecular weight is 382 g/mol. The van der Waals surface area contributed by atoms with Crippen LogP contribution in [0.3, 0.4) is 0 Å². The Morgan fingerprint density at radius 2 is 1.81 bits per heavy atom. The highest BCUT2D eigenvalue weighted by Crippen LogP contribution is 2.24. The first-order valence-electron chi connectivity index (χ1n) is 9.42. The second kappa shape index (κ2) is 10.5. The summed E-state index contributed by atoms with van der Waals surface area (Å²) in [4.78, 5) is 29.4. The normalized spacial score (nSPS) is 19.2. The van der Waals surface area contributed by atoms with Gasteiger partial charge >= 0.3 is 0 Å². The molecule has 146 valence electrons. The fraction of sp³-hybridized carbons (Fsp3) is 0.600. The van der Waals surface area contributed by atoms with Gasteiger partial charge in [-0.25, -0.2) is 0 Å². The van der Waals surface area contributed by atoms with Crippen LogP contribution >= 0.6 is 12.4 Å². The Morgan fingerprint density at radius 3 is 2.35 bits per heavy atom. The van der Waals surface area contributed by atoms with Crippen molar-refractivity contribution in [2.24, 2.45) is 11.7 Å². The molecule has 1 aromatic rings. The summed E-state index contributed by atoms with van der Waals surface area (Å²) in [6.45, 7) is 8.99. The molecule has 6 heteroatoms. The van der Waals surface area contributed by atoms with Crippen LogP contribution in [0.4, 0.5) is 0 Å². The van der Waals surface area contributed by atoms with E-state index in [1.54, 1.807) is 24.3 Å². The number of amides is 2. The third kappa shape index (κ3) is 5.21. The number of carbonyl (C=O) groups excluding carboxylic acids is 2. The number of nitrogens with two attached hydrogens (primary N) is 1. The highest BCUT2D eigenvalue weighted by atomic mass is 35.5. The van der Waals surface area contributed by atoms with Crippen molar-refractivity contribution in [3.63, 3.8) is 0 Å². The molecule has 1 aliphatic rings. The SMILES string of the molecule is CCCN(CCC)C(=O)c1cccc(C(=O)N2CC(CN)CC2C)c1.Cl. The van der Waals surface area contributed by atoms with Gasteiger partial charge in [0.2, 0.25) is 0 Å². The summed E-state index contributed by atoms with van der Waals surface area (Å²) in [5.74, 6) is 0.372. The second-order valence-electron chi connectivity index (χ2n) is 7.02. The second-order valence-corrected chi connectivity index (χ2v) is 7.02. The van der Waals surface area contributed by atoms with Gasteiger partial charge in [-0.1, -0.05) is 19.9 Å². The molecule has 2 amide bonds. The molecule has 2 N–H and O–H groups in total. The molecule has 0 bridgehead atoms. The first-order chi connectivity index (χ1) is 12.0. The molecule has 2 rings (SSSR count). The van der Waals surface area contributed by atoms with E-state index in [-0.39, 0.29) is 30.3 Å². The van der Waals surface area contributed by atoms with Gasteiger partial charge in [-0.15, -0.1) is 12.4 Å². The molecular formula is C20H32ClN3O2. The molecular weight excluding hydrogens is 350 g/mol. The first-order valence-corrected chi connectivity index (χ1v) is 9.42. The Bertz CT molecular complexity index is 602. The number of rotatable bonds is 7. The predicted molar refractivity (Wildman–Crippen MR) is 108 cm³/mol. The van der Waals surface area contributed by atoms with Gasteiger partial charge in [-0.3, -0.25) is 9.59 Å². The van der Waals surface area contributed by atoms with Crippen LogP contribution in [0, 0.1) is 5.92 Å². The Balaban J connectivity index is 0.00000338. The van der Waals surface area contributed by atoms with Gasteiger partial charge in [0.1, 0.15) is 0 Å². The molecule has 1 aromatic carbocycles. The van der Waals surface area contributed by atoms with E-state index >= 15 is 0 Å². The molecule has 0 aliphatic carbocycles. The minimum Gasteiger partial charge on any atom is -0.339 e. The van der Waals surface area contributed by atoms with E-state index in [1.807, 2.05) is 9.80 Å². The number of nitrogens with zero attached hydrogens (tertiary/aromatic N) is 2. The fourth-order valence-corrected chi connectivity index (χ4v) is 3.58. The van der Waals surface area contributed by atoms with Crippen molar-refractivity contribution in [2.75, 3.05) is 26.2 Å². The van der Waals surface area contributed by atoms with E-state index in [4.69, 9.17) is 5.73 Å². The van der Waals surface area contributed by atoms with E-state index < -0.39 is 0 Å². The van der Waals surface area contributed by atoms with Gasteiger partial charge in [0.15, 0.2) is 0 Å².